The molecule has 0 radical (unpaired) electrons. The lowest BCUT2D eigenvalue weighted by Gasteiger charge is -2.17. The fourth-order valence-electron chi connectivity index (χ4n) is 2.55. The maximum Gasteiger partial charge on any atom is 0.125 e. The minimum atomic E-state index is 0.0981. The summed E-state index contributed by atoms with van der Waals surface area (Å²) in [6.45, 7) is 4.40. The summed E-state index contributed by atoms with van der Waals surface area (Å²) in [5.41, 5.74) is 5.16. The number of halogens is 2. The molecule has 2 rings (SSSR count). The smallest absolute Gasteiger partial charge is 0.125 e. The summed E-state index contributed by atoms with van der Waals surface area (Å²) < 4.78 is 5.46. The van der Waals surface area contributed by atoms with Crippen molar-refractivity contribution in [2.24, 2.45) is 0 Å². The lowest BCUT2D eigenvalue weighted by Crippen LogP contribution is -2.00. The summed E-state index contributed by atoms with van der Waals surface area (Å²) in [5, 5.41) is 0.686. The van der Waals surface area contributed by atoms with Gasteiger partial charge in [0.15, 0.2) is 0 Å². The van der Waals surface area contributed by atoms with Crippen LogP contribution in [0.4, 0.5) is 0 Å². The highest BCUT2D eigenvalue weighted by molar-refractivity contribution is 9.09. The van der Waals surface area contributed by atoms with Crippen LogP contribution in [0.2, 0.25) is 5.02 Å². The van der Waals surface area contributed by atoms with Crippen molar-refractivity contribution in [2.45, 2.75) is 31.5 Å². The molecule has 0 saturated carbocycles. The van der Waals surface area contributed by atoms with Crippen molar-refractivity contribution in [1.82, 2.24) is 0 Å². The zero-order valence-corrected chi connectivity index (χ0v) is 15.0. The molecule has 0 bridgehead atoms. The number of alkyl halides is 1. The van der Waals surface area contributed by atoms with Gasteiger partial charge < -0.3 is 4.74 Å². The van der Waals surface area contributed by atoms with Crippen molar-refractivity contribution in [1.29, 1.82) is 0 Å². The van der Waals surface area contributed by atoms with Gasteiger partial charge in [-0.05, 0) is 41.7 Å². The SMILES string of the molecule is CCc1ccc(C(Br)c2ccc(Cl)cc2OC)cc1CC. The van der Waals surface area contributed by atoms with E-state index >= 15 is 0 Å². The summed E-state index contributed by atoms with van der Waals surface area (Å²) in [5.74, 6) is 0.807. The van der Waals surface area contributed by atoms with Crippen LogP contribution in [0.25, 0.3) is 0 Å². The molecular formula is C18H20BrClO. The molecule has 0 saturated heterocycles. The molecule has 1 atom stereocenters. The molecule has 0 N–H and O–H groups in total. The highest BCUT2D eigenvalue weighted by atomic mass is 79.9. The van der Waals surface area contributed by atoms with Gasteiger partial charge in [-0.15, -0.1) is 0 Å². The highest BCUT2D eigenvalue weighted by Gasteiger charge is 2.16. The molecule has 0 heterocycles. The lowest BCUT2D eigenvalue weighted by atomic mass is 9.96. The number of methoxy groups -OCH3 is 1. The van der Waals surface area contributed by atoms with Crippen LogP contribution in [-0.4, -0.2) is 7.11 Å². The molecule has 1 nitrogen and oxygen atoms in total. The Labute approximate surface area is 140 Å². The molecule has 0 amide bonds. The molecule has 21 heavy (non-hydrogen) atoms. The minimum absolute atomic E-state index is 0.0981. The molecule has 0 fully saturated rings. The fourth-order valence-corrected chi connectivity index (χ4v) is 3.38. The first-order valence-electron chi connectivity index (χ1n) is 7.19. The van der Waals surface area contributed by atoms with Crippen LogP contribution in [0.3, 0.4) is 0 Å². The quantitative estimate of drug-likeness (QED) is 0.593. The van der Waals surface area contributed by atoms with Gasteiger partial charge in [0.25, 0.3) is 0 Å². The lowest BCUT2D eigenvalue weighted by molar-refractivity contribution is 0.410. The summed E-state index contributed by atoms with van der Waals surface area (Å²) in [4.78, 5) is 0.0981. The average Bonchev–Trinajstić information content (AvgIpc) is 2.53. The number of hydrogen-bond donors (Lipinski definition) is 0. The topological polar surface area (TPSA) is 9.23 Å². The Morgan fingerprint density at radius 1 is 1.05 bits per heavy atom. The van der Waals surface area contributed by atoms with E-state index in [4.69, 9.17) is 16.3 Å². The van der Waals surface area contributed by atoms with Crippen molar-refractivity contribution >= 4 is 27.5 Å². The molecule has 0 aliphatic heterocycles. The highest BCUT2D eigenvalue weighted by Crippen LogP contribution is 2.38. The number of rotatable bonds is 5. The van der Waals surface area contributed by atoms with E-state index in [-0.39, 0.29) is 4.83 Å². The molecule has 0 aliphatic rings. The van der Waals surface area contributed by atoms with Gasteiger partial charge in [-0.25, -0.2) is 0 Å². The monoisotopic (exact) mass is 366 g/mol. The molecule has 2 aromatic carbocycles. The van der Waals surface area contributed by atoms with Gasteiger partial charge in [0, 0.05) is 10.6 Å². The molecule has 112 valence electrons. The Kier molecular flexibility index (Phi) is 5.72. The second-order valence-electron chi connectivity index (χ2n) is 4.98. The first-order chi connectivity index (χ1) is 10.1. The Balaban J connectivity index is 2.42. The fraction of sp³-hybridized carbons (Fsp3) is 0.333. The van der Waals surface area contributed by atoms with Gasteiger partial charge in [-0.1, -0.05) is 65.6 Å². The molecule has 0 spiro atoms. The van der Waals surface area contributed by atoms with Gasteiger partial charge in [0.05, 0.1) is 11.9 Å². The van der Waals surface area contributed by atoms with Crippen LogP contribution in [0.15, 0.2) is 36.4 Å². The maximum atomic E-state index is 6.04. The standard InChI is InChI=1S/C18H20BrClO/c1-4-12-6-7-14(10-13(12)5-2)18(19)16-9-8-15(20)11-17(16)21-3/h6-11,18H,4-5H2,1-3H3. The van der Waals surface area contributed by atoms with Crippen molar-refractivity contribution < 1.29 is 4.74 Å². The second-order valence-corrected chi connectivity index (χ2v) is 6.34. The zero-order chi connectivity index (χ0) is 15.4. The Morgan fingerprint density at radius 3 is 2.38 bits per heavy atom. The van der Waals surface area contributed by atoms with Crippen LogP contribution in [0.1, 0.15) is 40.9 Å². The molecular weight excluding hydrogens is 348 g/mol. The number of benzene rings is 2. The van der Waals surface area contributed by atoms with E-state index in [1.54, 1.807) is 7.11 Å². The van der Waals surface area contributed by atoms with E-state index in [1.807, 2.05) is 18.2 Å². The van der Waals surface area contributed by atoms with E-state index in [2.05, 4.69) is 48.0 Å². The number of hydrogen-bond acceptors (Lipinski definition) is 1. The summed E-state index contributed by atoms with van der Waals surface area (Å²) >= 11 is 9.84. The van der Waals surface area contributed by atoms with Crippen LogP contribution >= 0.6 is 27.5 Å². The van der Waals surface area contributed by atoms with E-state index in [1.165, 1.54) is 16.7 Å². The van der Waals surface area contributed by atoms with Crippen molar-refractivity contribution in [3.05, 3.63) is 63.7 Å². The second kappa shape index (κ2) is 7.33. The Morgan fingerprint density at radius 2 is 1.76 bits per heavy atom. The van der Waals surface area contributed by atoms with Gasteiger partial charge in [-0.2, -0.15) is 0 Å². The van der Waals surface area contributed by atoms with Crippen molar-refractivity contribution in [3.63, 3.8) is 0 Å². The number of ether oxygens (including phenoxy) is 1. The molecule has 2 aromatic rings. The zero-order valence-electron chi connectivity index (χ0n) is 12.6. The van der Waals surface area contributed by atoms with Crippen LogP contribution in [0, 0.1) is 0 Å². The third-order valence-electron chi connectivity index (χ3n) is 3.75. The van der Waals surface area contributed by atoms with Gasteiger partial charge >= 0.3 is 0 Å². The number of aryl methyl sites for hydroxylation is 2. The van der Waals surface area contributed by atoms with E-state index < -0.39 is 0 Å². The molecule has 3 heteroatoms. The summed E-state index contributed by atoms with van der Waals surface area (Å²) in [7, 11) is 1.67. The molecule has 0 aliphatic carbocycles. The maximum absolute atomic E-state index is 6.04. The van der Waals surface area contributed by atoms with Crippen molar-refractivity contribution in [3.8, 4) is 5.75 Å². The predicted molar refractivity (Wildman–Crippen MR) is 94.0 cm³/mol. The minimum Gasteiger partial charge on any atom is -0.496 e. The van der Waals surface area contributed by atoms with Crippen LogP contribution < -0.4 is 4.74 Å². The van der Waals surface area contributed by atoms with E-state index in [0.717, 1.165) is 24.2 Å². The summed E-state index contributed by atoms with van der Waals surface area (Å²) in [6.07, 6.45) is 2.12. The van der Waals surface area contributed by atoms with Crippen LogP contribution in [-0.2, 0) is 12.8 Å². The summed E-state index contributed by atoms with van der Waals surface area (Å²) in [6, 6.07) is 12.5. The normalized spacial score (nSPS) is 12.2. The largest absolute Gasteiger partial charge is 0.496 e. The predicted octanol–water partition coefficient (Wildman–Crippen LogP) is 5.96. The Hall–Kier alpha value is -0.990. The Bertz CT molecular complexity index is 625. The van der Waals surface area contributed by atoms with Crippen LogP contribution in [0.5, 0.6) is 5.75 Å². The first kappa shape index (κ1) is 16.4. The molecule has 1 unspecified atom stereocenters. The third kappa shape index (κ3) is 3.61. The van der Waals surface area contributed by atoms with Gasteiger partial charge in [0.1, 0.15) is 5.75 Å². The van der Waals surface area contributed by atoms with Crippen molar-refractivity contribution in [2.75, 3.05) is 7.11 Å². The third-order valence-corrected chi connectivity index (χ3v) is 5.01. The first-order valence-corrected chi connectivity index (χ1v) is 8.49. The van der Waals surface area contributed by atoms with Gasteiger partial charge in [0.2, 0.25) is 0 Å². The average molecular weight is 368 g/mol. The molecule has 0 aromatic heterocycles. The van der Waals surface area contributed by atoms with Gasteiger partial charge in [-0.3, -0.25) is 0 Å². The van der Waals surface area contributed by atoms with E-state index in [0.29, 0.717) is 5.02 Å². The van der Waals surface area contributed by atoms with E-state index in [9.17, 15) is 0 Å².